The van der Waals surface area contributed by atoms with Gasteiger partial charge in [0.15, 0.2) is 23.5 Å². The van der Waals surface area contributed by atoms with Crippen molar-refractivity contribution in [1.29, 1.82) is 0 Å². The Morgan fingerprint density at radius 3 is 1.51 bits per heavy atom. The number of fused-ring (bicyclic) bond motifs is 3. The maximum absolute atomic E-state index is 14.3. The first-order valence-corrected chi connectivity index (χ1v) is 38.3. The summed E-state index contributed by atoms with van der Waals surface area (Å²) in [4.78, 5) is 235. The van der Waals surface area contributed by atoms with Crippen LogP contribution in [-0.2, 0) is 92.4 Å². The maximum atomic E-state index is 14.3. The molecule has 0 fully saturated rings. The number of hydrogen-bond donors (Lipinski definition) is 15. The Morgan fingerprint density at radius 2 is 1.04 bits per heavy atom. The molecule has 5 aliphatic heterocycles. The van der Waals surface area contributed by atoms with Crippen molar-refractivity contribution in [1.82, 2.24) is 91.8 Å². The number of imide groups is 2. The normalized spacial score (nSPS) is 26.8. The molecule has 2 bridgehead atoms. The standard InChI is InChI=1S/C67H91N19O25S2/c1-34(2)86-65(102)45-25-36(4)30-85(45)111-22-12-10-11-21-110-47-27-44-43(26-46(47)109-9)58(95)42-24-35(3)23-41(42)31-82(44)66(103)80-112(105,106)72-28-48(87)74-39(7)61(98)76-37(5)59(96)68-17-19-70-63(100)56(78-50(89)32-83-52(91)13-14-53(83)92)57(79-51(90)33-84-54(93)15-16-55(84)94)64(101)71-20-18-69-60(97)38(6)77-62(99)40(8)75-49(88)29-73-113(107,108)81-67(86)104/h13-16,23,25-27,37-42,45,56-57,65,72-73,102H,1,10-12,17-22,24,28-33H2,2-9H3,(H,68,96)(H,69,97)(H,70,100)(H,71,101)(H,74,87)(H,75,88)(H,76,98)(H,77,99)(H,78,89)(H,79,90)(H,80,103)(H,81,104)/t37-,38-,39-,40-,41+,42?,45+,56+,57+,65?/m1/s1. The molecule has 0 radical (unpaired) electrons. The van der Waals surface area contributed by atoms with Gasteiger partial charge in [-0.25, -0.2) is 19.0 Å². The quantitative estimate of drug-likeness (QED) is 0.0849. The summed E-state index contributed by atoms with van der Waals surface area (Å²) in [6, 6.07) is -11.2. The van der Waals surface area contributed by atoms with E-state index in [1.54, 1.807) is 30.7 Å². The van der Waals surface area contributed by atoms with E-state index in [1.807, 2.05) is 14.2 Å². The van der Waals surface area contributed by atoms with Gasteiger partial charge in [-0.05, 0) is 80.2 Å². The second-order valence-electron chi connectivity index (χ2n) is 26.8. The predicted octanol–water partition coefficient (Wildman–Crippen LogP) is -7.05. The molecule has 7 rings (SSSR count). The van der Waals surface area contributed by atoms with Gasteiger partial charge in [0.1, 0.15) is 49.3 Å². The number of anilines is 1. The number of nitrogens with zero attached hydrogens (tertiary/aromatic N) is 5. The number of hydroxylamine groups is 2. The van der Waals surface area contributed by atoms with Gasteiger partial charge in [-0.15, -0.1) is 0 Å². The summed E-state index contributed by atoms with van der Waals surface area (Å²) in [5.74, 6) is -16.4. The van der Waals surface area contributed by atoms with E-state index in [0.29, 0.717) is 46.0 Å². The van der Waals surface area contributed by atoms with Crippen molar-refractivity contribution in [3.8, 4) is 11.5 Å². The van der Waals surface area contributed by atoms with Gasteiger partial charge in [-0.3, -0.25) is 96.4 Å². The number of aliphatic hydroxyl groups excluding tert-OH is 1. The number of nitrogens with one attached hydrogen (secondary N) is 14. The third-order valence-corrected chi connectivity index (χ3v) is 19.7. The van der Waals surface area contributed by atoms with Crippen LogP contribution in [0, 0.1) is 11.8 Å². The average Bonchev–Trinajstić information content (AvgIpc) is 1.64. The summed E-state index contributed by atoms with van der Waals surface area (Å²) in [6.07, 6.45) is 6.48. The van der Waals surface area contributed by atoms with Crippen molar-refractivity contribution in [3.05, 3.63) is 77.6 Å². The fourth-order valence-corrected chi connectivity index (χ4v) is 13.5. The molecular weight excluding hydrogens is 1530 g/mol. The number of benzene rings is 1. The fraction of sp³-hybridized carbons (Fsp3) is 0.507. The minimum Gasteiger partial charge on any atom is -0.493 e. The van der Waals surface area contributed by atoms with Crippen molar-refractivity contribution in [2.75, 3.05) is 90.7 Å². The molecule has 10 atom stereocenters. The van der Waals surface area contributed by atoms with E-state index < -0.39 is 228 Å². The number of ketones is 1. The molecule has 46 heteroatoms. The fourth-order valence-electron chi connectivity index (χ4n) is 12.0. The van der Waals surface area contributed by atoms with Crippen molar-refractivity contribution >= 4 is 127 Å². The highest BCUT2D eigenvalue weighted by molar-refractivity contribution is 7.88. The molecule has 0 saturated carbocycles. The number of ether oxygens (including phenoxy) is 2. The monoisotopic (exact) mass is 1630 g/mol. The van der Waals surface area contributed by atoms with Crippen LogP contribution in [0.1, 0.15) is 84.5 Å². The van der Waals surface area contributed by atoms with Gasteiger partial charge in [0.2, 0.25) is 59.1 Å². The molecule has 113 heavy (non-hydrogen) atoms. The highest BCUT2D eigenvalue weighted by Crippen LogP contribution is 2.44. The van der Waals surface area contributed by atoms with Crippen LogP contribution in [0.2, 0.25) is 0 Å². The van der Waals surface area contributed by atoms with Crippen LogP contribution >= 0.6 is 0 Å². The van der Waals surface area contributed by atoms with Crippen molar-refractivity contribution in [3.63, 3.8) is 0 Å². The number of carbonyl (C=O) groups excluding carboxylic acids is 17. The molecule has 0 spiro atoms. The first-order chi connectivity index (χ1) is 53.2. The Hall–Kier alpha value is -11.6. The van der Waals surface area contributed by atoms with Crippen LogP contribution in [0.4, 0.5) is 15.3 Å². The number of aliphatic hydroxyl groups is 1. The number of rotatable bonds is 8. The summed E-state index contributed by atoms with van der Waals surface area (Å²) in [6.45, 7) is 7.06. The molecule has 616 valence electrons. The van der Waals surface area contributed by atoms with Gasteiger partial charge >= 0.3 is 32.5 Å². The zero-order valence-corrected chi connectivity index (χ0v) is 64.3. The van der Waals surface area contributed by atoms with Crippen molar-refractivity contribution in [2.45, 2.75) is 123 Å². The Labute approximate surface area is 647 Å². The van der Waals surface area contributed by atoms with Crippen molar-refractivity contribution in [2.24, 2.45) is 11.8 Å². The van der Waals surface area contributed by atoms with Gasteiger partial charge in [0.25, 0.3) is 23.6 Å². The molecule has 18 amide bonds. The van der Waals surface area contributed by atoms with Crippen molar-refractivity contribution < 1.29 is 118 Å². The molecule has 1 aromatic carbocycles. The van der Waals surface area contributed by atoms with E-state index in [-0.39, 0.29) is 60.5 Å². The Balaban J connectivity index is 1.08. The topological polar surface area (TPSA) is 591 Å². The third-order valence-electron chi connectivity index (χ3n) is 17.8. The molecule has 0 saturated heterocycles. The zero-order chi connectivity index (χ0) is 83.5. The molecule has 1 aromatic rings. The second kappa shape index (κ2) is 39.5. The van der Waals surface area contributed by atoms with E-state index in [1.165, 1.54) is 58.9 Å². The predicted molar refractivity (Wildman–Crippen MR) is 391 cm³/mol. The number of Topliss-reactive ketones (excluding diaryl/α,β-unsaturated/α-hetero) is 1. The van der Waals surface area contributed by atoms with E-state index >= 15 is 0 Å². The maximum Gasteiger partial charge on any atom is 0.338 e. The van der Waals surface area contributed by atoms with E-state index in [2.05, 4.69) is 59.7 Å². The lowest BCUT2D eigenvalue weighted by atomic mass is 9.88. The molecule has 5 heterocycles. The van der Waals surface area contributed by atoms with Crippen LogP contribution in [0.3, 0.4) is 0 Å². The van der Waals surface area contributed by atoms with E-state index in [0.717, 1.165) is 34.8 Å². The first-order valence-electron chi connectivity index (χ1n) is 35.3. The van der Waals surface area contributed by atoms with Crippen LogP contribution in [0.5, 0.6) is 11.5 Å². The van der Waals surface area contributed by atoms with Gasteiger partial charge in [-0.1, -0.05) is 29.9 Å². The first kappa shape index (κ1) is 88.6. The van der Waals surface area contributed by atoms with Gasteiger partial charge in [0.05, 0.1) is 45.1 Å². The van der Waals surface area contributed by atoms with E-state index in [4.69, 9.17) is 14.3 Å². The molecule has 15 N–H and O–H groups in total. The van der Waals surface area contributed by atoms with E-state index in [9.17, 15) is 103 Å². The highest BCUT2D eigenvalue weighted by Gasteiger charge is 2.44. The molecule has 1 aliphatic carbocycles. The van der Waals surface area contributed by atoms with Gasteiger partial charge in [0, 0.05) is 92.7 Å². The number of methoxy groups -OCH3 is 1. The van der Waals surface area contributed by atoms with Crippen LogP contribution in [-0.4, -0.2) is 277 Å². The van der Waals surface area contributed by atoms with Crippen LogP contribution in [0.15, 0.2) is 72.0 Å². The molecule has 6 aliphatic rings. The lowest BCUT2D eigenvalue weighted by Gasteiger charge is -2.35. The third kappa shape index (κ3) is 24.7. The average molecular weight is 1630 g/mol. The lowest BCUT2D eigenvalue weighted by molar-refractivity contribution is -0.193. The Morgan fingerprint density at radius 1 is 0.593 bits per heavy atom. The number of allylic oxidation sites excluding steroid dienone is 2. The minimum absolute atomic E-state index is 0.00933. The Kier molecular flexibility index (Phi) is 31.0. The number of carbonyl (C=O) groups is 17. The molecule has 2 unspecified atom stereocenters. The number of urea groups is 2. The lowest BCUT2D eigenvalue weighted by Crippen LogP contribution is -2.65. The minimum atomic E-state index is -4.92. The number of amides is 18. The van der Waals surface area contributed by atoms with Crippen LogP contribution in [0.25, 0.3) is 0 Å². The van der Waals surface area contributed by atoms with Gasteiger partial charge in [-0.2, -0.15) is 31.3 Å². The molecular formula is C67H91N19O25S2. The molecule has 44 nitrogen and oxygen atoms in total. The smallest absolute Gasteiger partial charge is 0.338 e. The number of hydrogen-bond acceptors (Lipinski definition) is 26. The summed E-state index contributed by atoms with van der Waals surface area (Å²) in [7, 11) is -8.51. The summed E-state index contributed by atoms with van der Waals surface area (Å²) in [5, 5.41) is 35.9. The second-order valence-corrected chi connectivity index (χ2v) is 29.8. The van der Waals surface area contributed by atoms with Crippen LogP contribution < -0.4 is 86.4 Å². The summed E-state index contributed by atoms with van der Waals surface area (Å²) in [5.41, 5.74) is 1.38. The molecule has 0 aromatic heterocycles. The largest absolute Gasteiger partial charge is 0.493 e. The Bertz CT molecular complexity index is 4320. The highest BCUT2D eigenvalue weighted by atomic mass is 32.2. The van der Waals surface area contributed by atoms with Gasteiger partial charge < -0.3 is 67.7 Å². The summed E-state index contributed by atoms with van der Waals surface area (Å²) < 4.78 is 72.6. The summed E-state index contributed by atoms with van der Waals surface area (Å²) >= 11 is 0. The SMILES string of the molecule is C=C(C)N1C(=O)NS(=O)(=O)NCC(=O)N[C@H](C)C(=O)N[C@H](C)C(=O)NCCNC(=O)[C@@H](NC(=O)CN2C(=O)C=CC2=O)[C@H](NC(=O)CN2C(=O)C=CC2=O)C(=O)NCCNC(=O)[C@@H](C)NC(=O)[C@@H](C)NC(=O)CNS(=O)(=O)NC(=O)N2C[C@@H]3C=C(C)CC3C(=O)c3cc(OC)c(cc32)OCCCCCON2CC(C)=C[C@H]2C1O. The zero-order valence-electron chi connectivity index (χ0n) is 62.7.